The van der Waals surface area contributed by atoms with Crippen LogP contribution in [0, 0.1) is 15.5 Å². The molecule has 0 aromatic heterocycles. The van der Waals surface area contributed by atoms with Gasteiger partial charge >= 0.3 is 0 Å². The summed E-state index contributed by atoms with van der Waals surface area (Å²) in [5.41, 5.74) is 1.04. The Morgan fingerprint density at radius 1 is 1.26 bits per heavy atom. The molecule has 0 spiro atoms. The van der Waals surface area contributed by atoms with Crippen molar-refractivity contribution in [3.05, 3.63) is 39.9 Å². The van der Waals surface area contributed by atoms with Crippen molar-refractivity contribution in [3.8, 4) is 0 Å². The van der Waals surface area contributed by atoms with Gasteiger partial charge in [-0.3, -0.25) is 10.1 Å². The molecule has 2 N–H and O–H groups in total. The Morgan fingerprint density at radius 3 is 2.26 bits per heavy atom. The van der Waals surface area contributed by atoms with Crippen LogP contribution in [-0.4, -0.2) is 23.2 Å². The predicted octanol–water partition coefficient (Wildman–Crippen LogP) is 2.48. The molecule has 0 aliphatic heterocycles. The number of nitrogens with zero attached hydrogens (tertiary/aromatic N) is 1. The van der Waals surface area contributed by atoms with E-state index in [2.05, 4.69) is 19.2 Å². The van der Waals surface area contributed by atoms with E-state index in [1.807, 2.05) is 0 Å². The Labute approximate surface area is 113 Å². The van der Waals surface area contributed by atoms with Crippen LogP contribution in [0.5, 0.6) is 0 Å². The van der Waals surface area contributed by atoms with Crippen LogP contribution in [-0.2, 0) is 6.54 Å². The molecule has 106 valence electrons. The second kappa shape index (κ2) is 7.21. The summed E-state index contributed by atoms with van der Waals surface area (Å²) in [7, 11) is 0. The number of non-ortho nitro benzene ring substituents is 1. The molecule has 5 heteroatoms. The van der Waals surface area contributed by atoms with Crippen molar-refractivity contribution in [2.75, 3.05) is 13.2 Å². The second-order valence-electron chi connectivity index (χ2n) is 4.89. The molecule has 0 saturated heterocycles. The van der Waals surface area contributed by atoms with Gasteiger partial charge in [0.25, 0.3) is 5.69 Å². The van der Waals surface area contributed by atoms with E-state index < -0.39 is 4.92 Å². The lowest BCUT2D eigenvalue weighted by Crippen LogP contribution is -2.36. The number of rotatable bonds is 8. The SMILES string of the molecule is CCC(CC)(CO)CNCc1ccc([N+](=O)[O-])cc1. The fourth-order valence-corrected chi connectivity index (χ4v) is 1.99. The number of hydrogen-bond acceptors (Lipinski definition) is 4. The largest absolute Gasteiger partial charge is 0.396 e. The van der Waals surface area contributed by atoms with Crippen LogP contribution in [0.2, 0.25) is 0 Å². The molecule has 0 heterocycles. The van der Waals surface area contributed by atoms with Crippen molar-refractivity contribution in [2.45, 2.75) is 33.2 Å². The topological polar surface area (TPSA) is 75.4 Å². The first kappa shape index (κ1) is 15.6. The number of hydrogen-bond donors (Lipinski definition) is 2. The van der Waals surface area contributed by atoms with E-state index in [9.17, 15) is 15.2 Å². The van der Waals surface area contributed by atoms with Crippen LogP contribution < -0.4 is 5.32 Å². The highest BCUT2D eigenvalue weighted by Gasteiger charge is 2.24. The maximum Gasteiger partial charge on any atom is 0.269 e. The van der Waals surface area contributed by atoms with E-state index in [0.717, 1.165) is 24.9 Å². The van der Waals surface area contributed by atoms with Crippen molar-refractivity contribution in [2.24, 2.45) is 5.41 Å². The number of nitrogens with one attached hydrogen (secondary N) is 1. The van der Waals surface area contributed by atoms with Gasteiger partial charge < -0.3 is 10.4 Å². The minimum absolute atomic E-state index is 0.0687. The summed E-state index contributed by atoms with van der Waals surface area (Å²) in [6, 6.07) is 6.53. The quantitative estimate of drug-likeness (QED) is 0.560. The summed E-state index contributed by atoms with van der Waals surface area (Å²) in [5, 5.41) is 23.3. The van der Waals surface area contributed by atoms with Gasteiger partial charge in [0.2, 0.25) is 0 Å². The Balaban J connectivity index is 2.51. The van der Waals surface area contributed by atoms with Crippen LogP contribution in [0.4, 0.5) is 5.69 Å². The monoisotopic (exact) mass is 266 g/mol. The average molecular weight is 266 g/mol. The summed E-state index contributed by atoms with van der Waals surface area (Å²) in [6.07, 6.45) is 1.85. The number of aliphatic hydroxyl groups excluding tert-OH is 1. The van der Waals surface area contributed by atoms with E-state index in [4.69, 9.17) is 0 Å². The predicted molar refractivity (Wildman–Crippen MR) is 74.9 cm³/mol. The summed E-state index contributed by atoms with van der Waals surface area (Å²) >= 11 is 0. The maximum absolute atomic E-state index is 10.5. The van der Waals surface area contributed by atoms with Crippen LogP contribution >= 0.6 is 0 Å². The Hall–Kier alpha value is -1.46. The van der Waals surface area contributed by atoms with Crippen LogP contribution in [0.1, 0.15) is 32.3 Å². The highest BCUT2D eigenvalue weighted by molar-refractivity contribution is 5.32. The third-order valence-corrected chi connectivity index (χ3v) is 3.81. The molecule has 0 aliphatic carbocycles. The zero-order chi connectivity index (χ0) is 14.3. The molecule has 0 saturated carbocycles. The molecule has 0 bridgehead atoms. The zero-order valence-electron chi connectivity index (χ0n) is 11.6. The lowest BCUT2D eigenvalue weighted by Gasteiger charge is -2.29. The minimum atomic E-state index is -0.401. The molecule has 19 heavy (non-hydrogen) atoms. The van der Waals surface area contributed by atoms with Gasteiger partial charge in [0.05, 0.1) is 4.92 Å². The molecule has 0 radical (unpaired) electrons. The Morgan fingerprint density at radius 2 is 1.84 bits per heavy atom. The molecule has 0 atom stereocenters. The van der Waals surface area contributed by atoms with E-state index in [1.165, 1.54) is 12.1 Å². The zero-order valence-corrected chi connectivity index (χ0v) is 11.6. The highest BCUT2D eigenvalue weighted by atomic mass is 16.6. The van der Waals surface area contributed by atoms with Gasteiger partial charge in [0.15, 0.2) is 0 Å². The van der Waals surface area contributed by atoms with Gasteiger partial charge in [-0.1, -0.05) is 26.0 Å². The molecular weight excluding hydrogens is 244 g/mol. The first-order valence-electron chi connectivity index (χ1n) is 6.62. The summed E-state index contributed by atoms with van der Waals surface area (Å²) < 4.78 is 0. The van der Waals surface area contributed by atoms with Crippen molar-refractivity contribution in [1.29, 1.82) is 0 Å². The molecule has 0 aliphatic rings. The van der Waals surface area contributed by atoms with E-state index >= 15 is 0 Å². The normalized spacial score (nSPS) is 11.5. The molecule has 1 aromatic rings. The van der Waals surface area contributed by atoms with Crippen LogP contribution in [0.25, 0.3) is 0 Å². The first-order valence-corrected chi connectivity index (χ1v) is 6.62. The second-order valence-corrected chi connectivity index (χ2v) is 4.89. The smallest absolute Gasteiger partial charge is 0.269 e. The van der Waals surface area contributed by atoms with E-state index in [1.54, 1.807) is 12.1 Å². The maximum atomic E-state index is 10.5. The lowest BCUT2D eigenvalue weighted by molar-refractivity contribution is -0.384. The fourth-order valence-electron chi connectivity index (χ4n) is 1.99. The van der Waals surface area contributed by atoms with Gasteiger partial charge in [-0.25, -0.2) is 0 Å². The summed E-state index contributed by atoms with van der Waals surface area (Å²) in [6.45, 7) is 5.72. The molecule has 1 rings (SSSR count). The van der Waals surface area contributed by atoms with Gasteiger partial charge in [-0.15, -0.1) is 0 Å². The van der Waals surface area contributed by atoms with E-state index in [-0.39, 0.29) is 17.7 Å². The number of nitro benzene ring substituents is 1. The van der Waals surface area contributed by atoms with Gasteiger partial charge in [-0.2, -0.15) is 0 Å². The van der Waals surface area contributed by atoms with Crippen molar-refractivity contribution < 1.29 is 10.0 Å². The first-order chi connectivity index (χ1) is 9.06. The number of aliphatic hydroxyl groups is 1. The van der Waals surface area contributed by atoms with Crippen molar-refractivity contribution in [1.82, 2.24) is 5.32 Å². The highest BCUT2D eigenvalue weighted by Crippen LogP contribution is 2.24. The van der Waals surface area contributed by atoms with E-state index in [0.29, 0.717) is 6.54 Å². The van der Waals surface area contributed by atoms with Crippen molar-refractivity contribution in [3.63, 3.8) is 0 Å². The molecule has 5 nitrogen and oxygen atoms in total. The lowest BCUT2D eigenvalue weighted by atomic mass is 9.83. The van der Waals surface area contributed by atoms with Gasteiger partial charge in [0.1, 0.15) is 0 Å². The number of benzene rings is 1. The molecule has 0 unspecified atom stereocenters. The molecule has 0 amide bonds. The Bertz CT molecular complexity index is 391. The molecule has 0 fully saturated rings. The third kappa shape index (κ3) is 4.29. The van der Waals surface area contributed by atoms with Crippen molar-refractivity contribution >= 4 is 5.69 Å². The Kier molecular flexibility index (Phi) is 5.92. The third-order valence-electron chi connectivity index (χ3n) is 3.81. The van der Waals surface area contributed by atoms with Gasteiger partial charge in [0, 0.05) is 37.2 Å². The number of nitro groups is 1. The summed E-state index contributed by atoms with van der Waals surface area (Å²) in [5.74, 6) is 0. The molecular formula is C14H22N2O3. The minimum Gasteiger partial charge on any atom is -0.396 e. The van der Waals surface area contributed by atoms with Crippen LogP contribution in [0.3, 0.4) is 0 Å². The standard InChI is InChI=1S/C14H22N2O3/c1-3-14(4-2,11-17)10-15-9-12-5-7-13(8-6-12)16(18)19/h5-8,15,17H,3-4,9-11H2,1-2H3. The fraction of sp³-hybridized carbons (Fsp3) is 0.571. The summed E-state index contributed by atoms with van der Waals surface area (Å²) in [4.78, 5) is 10.1. The van der Waals surface area contributed by atoms with Gasteiger partial charge in [-0.05, 0) is 18.4 Å². The van der Waals surface area contributed by atoms with Crippen LogP contribution in [0.15, 0.2) is 24.3 Å². The molecule has 1 aromatic carbocycles. The average Bonchev–Trinajstić information content (AvgIpc) is 2.45.